The van der Waals surface area contributed by atoms with Gasteiger partial charge >= 0.3 is 0 Å². The zero-order chi connectivity index (χ0) is 24.9. The molecule has 0 aliphatic carbocycles. The second kappa shape index (κ2) is 10.1. The van der Waals surface area contributed by atoms with Crippen LogP contribution in [0.1, 0.15) is 16.7 Å². The van der Waals surface area contributed by atoms with Gasteiger partial charge in [-0.05, 0) is 40.5 Å². The number of aromatic amines is 1. The number of hydrogen-bond donors (Lipinski definition) is 3. The van der Waals surface area contributed by atoms with Crippen molar-refractivity contribution in [1.82, 2.24) is 9.97 Å². The Labute approximate surface area is 208 Å². The van der Waals surface area contributed by atoms with Crippen LogP contribution in [0, 0.1) is 0 Å². The summed E-state index contributed by atoms with van der Waals surface area (Å²) in [6.45, 7) is 0. The average molecular weight is 473 g/mol. The molecule has 0 spiro atoms. The van der Waals surface area contributed by atoms with Crippen molar-refractivity contribution < 1.29 is 9.59 Å². The lowest BCUT2D eigenvalue weighted by Crippen LogP contribution is -2.15. The number of pyridine rings is 1. The fourth-order valence-electron chi connectivity index (χ4n) is 4.10. The van der Waals surface area contributed by atoms with E-state index in [0.29, 0.717) is 17.0 Å². The van der Waals surface area contributed by atoms with Crippen LogP contribution in [0.25, 0.3) is 33.8 Å². The number of nitrogens with two attached hydrogens (primary N) is 1. The van der Waals surface area contributed by atoms with Gasteiger partial charge in [-0.3, -0.25) is 9.59 Å². The highest BCUT2D eigenvalue weighted by Crippen LogP contribution is 2.25. The zero-order valence-electron chi connectivity index (χ0n) is 19.4. The molecule has 4 N–H and O–H groups in total. The molecule has 176 valence electrons. The van der Waals surface area contributed by atoms with Gasteiger partial charge in [0, 0.05) is 22.7 Å². The van der Waals surface area contributed by atoms with Crippen LogP contribution in [0.15, 0.2) is 103 Å². The molecule has 0 bridgehead atoms. The Morgan fingerprint density at radius 3 is 2.19 bits per heavy atom. The standard InChI is InChI=1S/C30H24N4O2/c31-29(36)26(23-9-5-2-6-10-23)18-24-19-32-30-25(24)15-16-27(34-30)33-28(35)17-20-11-13-22(14-12-20)21-7-3-1-4-8-21/h1-16,18-19H,17H2,(H2,31,36)(H2,32,33,34,35)/b26-18+. The quantitative estimate of drug-likeness (QED) is 0.275. The number of fused-ring (bicyclic) bond motifs is 1. The molecule has 3 aromatic carbocycles. The van der Waals surface area contributed by atoms with Gasteiger partial charge in [-0.15, -0.1) is 0 Å². The van der Waals surface area contributed by atoms with E-state index in [0.717, 1.165) is 33.2 Å². The number of primary amides is 1. The number of amides is 2. The second-order valence-electron chi connectivity index (χ2n) is 8.41. The molecule has 0 saturated heterocycles. The second-order valence-corrected chi connectivity index (χ2v) is 8.41. The van der Waals surface area contributed by atoms with Crippen LogP contribution in [-0.4, -0.2) is 21.8 Å². The third-order valence-electron chi connectivity index (χ3n) is 5.91. The largest absolute Gasteiger partial charge is 0.366 e. The molecule has 0 fully saturated rings. The summed E-state index contributed by atoms with van der Waals surface area (Å²) < 4.78 is 0. The predicted octanol–water partition coefficient (Wildman–Crippen LogP) is 5.44. The smallest absolute Gasteiger partial charge is 0.249 e. The Balaban J connectivity index is 1.30. The maximum absolute atomic E-state index is 12.6. The molecule has 5 rings (SSSR count). The Morgan fingerprint density at radius 2 is 1.50 bits per heavy atom. The fraction of sp³-hybridized carbons (Fsp3) is 0.0333. The van der Waals surface area contributed by atoms with Gasteiger partial charge in [0.15, 0.2) is 0 Å². The molecule has 0 atom stereocenters. The van der Waals surface area contributed by atoms with Crippen LogP contribution >= 0.6 is 0 Å². The van der Waals surface area contributed by atoms with Gasteiger partial charge in [0.25, 0.3) is 0 Å². The summed E-state index contributed by atoms with van der Waals surface area (Å²) in [6, 6.07) is 31.0. The summed E-state index contributed by atoms with van der Waals surface area (Å²) in [5, 5.41) is 3.68. The molecule has 0 saturated carbocycles. The molecule has 6 heteroatoms. The molecular formula is C30H24N4O2. The molecular weight excluding hydrogens is 448 g/mol. The van der Waals surface area contributed by atoms with Crippen molar-refractivity contribution in [3.63, 3.8) is 0 Å². The summed E-state index contributed by atoms with van der Waals surface area (Å²) in [5.41, 5.74) is 11.3. The van der Waals surface area contributed by atoms with Gasteiger partial charge in [0.2, 0.25) is 11.8 Å². The number of anilines is 1. The first-order chi connectivity index (χ1) is 17.6. The number of aromatic nitrogens is 2. The monoisotopic (exact) mass is 472 g/mol. The highest BCUT2D eigenvalue weighted by atomic mass is 16.2. The number of carbonyl (C=O) groups is 2. The first-order valence-corrected chi connectivity index (χ1v) is 11.6. The van der Waals surface area contributed by atoms with Crippen molar-refractivity contribution in [1.29, 1.82) is 0 Å². The lowest BCUT2D eigenvalue weighted by molar-refractivity contribution is -0.115. The van der Waals surface area contributed by atoms with E-state index in [1.807, 2.05) is 78.9 Å². The first kappa shape index (κ1) is 22.8. The number of rotatable bonds is 7. The lowest BCUT2D eigenvalue weighted by Gasteiger charge is -2.07. The Bertz CT molecular complexity index is 1550. The minimum Gasteiger partial charge on any atom is -0.366 e. The van der Waals surface area contributed by atoms with Crippen molar-refractivity contribution in [2.75, 3.05) is 5.32 Å². The van der Waals surface area contributed by atoms with Gasteiger partial charge < -0.3 is 16.0 Å². The maximum Gasteiger partial charge on any atom is 0.249 e. The van der Waals surface area contributed by atoms with E-state index in [1.165, 1.54) is 0 Å². The first-order valence-electron chi connectivity index (χ1n) is 11.6. The van der Waals surface area contributed by atoms with Crippen LogP contribution in [0.4, 0.5) is 5.82 Å². The molecule has 2 aromatic heterocycles. The molecule has 2 heterocycles. The van der Waals surface area contributed by atoms with E-state index < -0.39 is 5.91 Å². The van der Waals surface area contributed by atoms with E-state index in [1.54, 1.807) is 18.3 Å². The van der Waals surface area contributed by atoms with Crippen molar-refractivity contribution in [3.05, 3.63) is 120 Å². The summed E-state index contributed by atoms with van der Waals surface area (Å²) in [7, 11) is 0. The van der Waals surface area contributed by atoms with E-state index in [-0.39, 0.29) is 12.3 Å². The summed E-state index contributed by atoms with van der Waals surface area (Å²) >= 11 is 0. The van der Waals surface area contributed by atoms with Crippen LogP contribution in [0.5, 0.6) is 0 Å². The summed E-state index contributed by atoms with van der Waals surface area (Å²) in [6.07, 6.45) is 3.76. The van der Waals surface area contributed by atoms with Crippen molar-refractivity contribution >= 4 is 40.3 Å². The van der Waals surface area contributed by atoms with Gasteiger partial charge in [0.1, 0.15) is 11.5 Å². The Kier molecular flexibility index (Phi) is 6.40. The van der Waals surface area contributed by atoms with Gasteiger partial charge in [-0.25, -0.2) is 4.98 Å². The van der Waals surface area contributed by atoms with Gasteiger partial charge in [-0.1, -0.05) is 84.9 Å². The topological polar surface area (TPSA) is 101 Å². The Morgan fingerprint density at radius 1 is 0.833 bits per heavy atom. The zero-order valence-corrected chi connectivity index (χ0v) is 19.4. The number of carbonyl (C=O) groups excluding carboxylic acids is 2. The molecule has 0 aliphatic rings. The molecule has 5 aromatic rings. The highest BCUT2D eigenvalue weighted by molar-refractivity contribution is 6.24. The van der Waals surface area contributed by atoms with E-state index in [4.69, 9.17) is 5.73 Å². The van der Waals surface area contributed by atoms with E-state index in [2.05, 4.69) is 27.4 Å². The van der Waals surface area contributed by atoms with E-state index >= 15 is 0 Å². The molecule has 2 amide bonds. The van der Waals surface area contributed by atoms with Crippen LogP contribution in [0.3, 0.4) is 0 Å². The summed E-state index contributed by atoms with van der Waals surface area (Å²) in [5.74, 6) is -0.214. The number of hydrogen-bond acceptors (Lipinski definition) is 3. The minimum atomic E-state index is -0.510. The van der Waals surface area contributed by atoms with Crippen LogP contribution in [0.2, 0.25) is 0 Å². The SMILES string of the molecule is NC(=O)/C(=C/c1c[nH]c2nc(NC(=O)Cc3ccc(-c4ccccc4)cc3)ccc12)c1ccccc1. The molecule has 0 aliphatic heterocycles. The van der Waals surface area contributed by atoms with Gasteiger partial charge in [0.05, 0.1) is 6.42 Å². The van der Waals surface area contributed by atoms with Crippen molar-refractivity contribution in [3.8, 4) is 11.1 Å². The normalized spacial score (nSPS) is 11.4. The number of benzene rings is 3. The van der Waals surface area contributed by atoms with Crippen LogP contribution < -0.4 is 11.1 Å². The predicted molar refractivity (Wildman–Crippen MR) is 144 cm³/mol. The molecule has 0 unspecified atom stereocenters. The van der Waals surface area contributed by atoms with Crippen molar-refractivity contribution in [2.24, 2.45) is 5.73 Å². The lowest BCUT2D eigenvalue weighted by atomic mass is 10.0. The van der Waals surface area contributed by atoms with Crippen LogP contribution in [-0.2, 0) is 16.0 Å². The highest BCUT2D eigenvalue weighted by Gasteiger charge is 2.12. The number of nitrogens with one attached hydrogen (secondary N) is 2. The fourth-order valence-corrected chi connectivity index (χ4v) is 4.10. The van der Waals surface area contributed by atoms with Crippen molar-refractivity contribution in [2.45, 2.75) is 6.42 Å². The number of nitrogens with zero attached hydrogens (tertiary/aromatic N) is 1. The average Bonchev–Trinajstić information content (AvgIpc) is 3.30. The summed E-state index contributed by atoms with van der Waals surface area (Å²) in [4.78, 5) is 32.3. The third kappa shape index (κ3) is 5.08. The molecule has 6 nitrogen and oxygen atoms in total. The van der Waals surface area contributed by atoms with E-state index in [9.17, 15) is 9.59 Å². The third-order valence-corrected chi connectivity index (χ3v) is 5.91. The van der Waals surface area contributed by atoms with Gasteiger partial charge in [-0.2, -0.15) is 0 Å². The number of H-pyrrole nitrogens is 1. The molecule has 36 heavy (non-hydrogen) atoms. The minimum absolute atomic E-state index is 0.152. The Hall–Kier alpha value is -4.97. The maximum atomic E-state index is 12.6. The molecule has 0 radical (unpaired) electrons.